The van der Waals surface area contributed by atoms with Gasteiger partial charge in [0, 0.05) is 0 Å². The van der Waals surface area contributed by atoms with Crippen molar-refractivity contribution in [3.8, 4) is 0 Å². The third-order valence-corrected chi connectivity index (χ3v) is 12.9. The number of rotatable bonds is 6. The van der Waals surface area contributed by atoms with E-state index in [4.69, 9.17) is 4.12 Å². The zero-order valence-electron chi connectivity index (χ0n) is 12.8. The van der Waals surface area contributed by atoms with Crippen LogP contribution >= 0.6 is 0 Å². The Balaban J connectivity index is 2.40. The second-order valence-corrected chi connectivity index (χ2v) is 13.6. The number of hydrogen-bond acceptors (Lipinski definition) is 1. The molecule has 0 aliphatic heterocycles. The Morgan fingerprint density at radius 1 is 0.952 bits per heavy atom. The van der Waals surface area contributed by atoms with Crippen molar-refractivity contribution < 1.29 is 4.12 Å². The summed E-state index contributed by atoms with van der Waals surface area (Å²) in [7, 11) is -4.69. The quantitative estimate of drug-likeness (QED) is 0.745. The van der Waals surface area contributed by atoms with E-state index in [-0.39, 0.29) is 0 Å². The first-order valence-corrected chi connectivity index (χ1v) is 12.7. The van der Waals surface area contributed by atoms with E-state index in [1.807, 2.05) is 23.5 Å². The molecule has 0 saturated heterocycles. The molecule has 0 fully saturated rings. The molecular weight excluding hydrogens is 288 g/mol. The first-order chi connectivity index (χ1) is 10.0. The molecule has 21 heavy (non-hydrogen) atoms. The van der Waals surface area contributed by atoms with Crippen molar-refractivity contribution >= 4 is 27.0 Å². The average molecular weight is 312 g/mol. The van der Waals surface area contributed by atoms with E-state index in [9.17, 15) is 0 Å². The Morgan fingerprint density at radius 2 is 1.48 bits per heavy atom. The summed E-state index contributed by atoms with van der Waals surface area (Å²) in [5.41, 5.74) is 4.06. The molecule has 0 N–H and O–H groups in total. The predicted octanol–water partition coefficient (Wildman–Crippen LogP) is 3.15. The monoisotopic (exact) mass is 311 g/mol. The number of hydrogen-bond donors (Lipinski definition) is 0. The first-order valence-electron chi connectivity index (χ1n) is 7.32. The summed E-state index contributed by atoms with van der Waals surface area (Å²) in [6, 6.07) is 20.9. The van der Waals surface area contributed by atoms with Crippen LogP contribution in [0.15, 0.2) is 85.2 Å². The molecule has 2 aromatic carbocycles. The van der Waals surface area contributed by atoms with Crippen LogP contribution in [0, 0.1) is 0 Å². The van der Waals surface area contributed by atoms with E-state index in [1.165, 1.54) is 10.4 Å². The van der Waals surface area contributed by atoms with Crippen LogP contribution < -0.4 is 10.4 Å². The van der Waals surface area contributed by atoms with Crippen LogP contribution in [-0.4, -0.2) is 16.6 Å². The summed E-state index contributed by atoms with van der Waals surface area (Å²) in [6.07, 6.45) is 0. The molecular formula is C18H23OSi2-. The maximum absolute atomic E-state index is 6.77. The van der Waals surface area contributed by atoms with Gasteiger partial charge in [-0.2, -0.15) is 0 Å². The van der Waals surface area contributed by atoms with Crippen LogP contribution in [0.1, 0.15) is 0 Å². The van der Waals surface area contributed by atoms with Gasteiger partial charge in [0.2, 0.25) is 0 Å². The Labute approximate surface area is 129 Å². The van der Waals surface area contributed by atoms with Crippen LogP contribution in [0.2, 0.25) is 13.1 Å². The molecule has 3 heteroatoms. The minimum absolute atomic E-state index is 1.25. The molecule has 0 radical (unpaired) electrons. The Hall–Kier alpha value is -1.69. The Morgan fingerprint density at radius 3 is 1.95 bits per heavy atom. The second-order valence-electron chi connectivity index (χ2n) is 5.72. The molecule has 0 aliphatic rings. The summed E-state index contributed by atoms with van der Waals surface area (Å²) in [6.45, 7) is 12.5. The van der Waals surface area contributed by atoms with Crippen molar-refractivity contribution in [2.75, 3.05) is 0 Å². The van der Waals surface area contributed by atoms with E-state index in [2.05, 4.69) is 74.8 Å². The van der Waals surface area contributed by atoms with Gasteiger partial charge in [0.05, 0.1) is 0 Å². The molecule has 0 bridgehead atoms. The first kappa shape index (κ1) is 15.7. The summed E-state index contributed by atoms with van der Waals surface area (Å²) >= 11 is 0. The van der Waals surface area contributed by atoms with Crippen molar-refractivity contribution in [2.24, 2.45) is 0 Å². The van der Waals surface area contributed by atoms with Crippen molar-refractivity contribution in [3.05, 3.63) is 85.2 Å². The fraction of sp³-hybridized carbons (Fsp3) is 0.111. The van der Waals surface area contributed by atoms with Gasteiger partial charge in [-0.05, 0) is 0 Å². The zero-order chi connectivity index (χ0) is 15.3. The summed E-state index contributed by atoms with van der Waals surface area (Å²) in [4.78, 5) is 0. The van der Waals surface area contributed by atoms with Gasteiger partial charge in [-0.25, -0.2) is 0 Å². The van der Waals surface area contributed by atoms with E-state index in [0.29, 0.717) is 0 Å². The van der Waals surface area contributed by atoms with Gasteiger partial charge < -0.3 is 0 Å². The summed E-state index contributed by atoms with van der Waals surface area (Å²) in [5.74, 6) is 0. The SMILES string of the molecule is C=C[Si](C)(O[SiH-](C)(C=C)c1ccccc1)c1ccccc1. The van der Waals surface area contributed by atoms with Gasteiger partial charge in [-0.1, -0.05) is 0 Å². The fourth-order valence-corrected chi connectivity index (χ4v) is 10.9. The molecule has 2 rings (SSSR count). The molecule has 0 aromatic heterocycles. The average Bonchev–Trinajstić information content (AvgIpc) is 2.56. The molecule has 0 heterocycles. The third-order valence-electron chi connectivity index (χ3n) is 4.14. The van der Waals surface area contributed by atoms with Gasteiger partial charge in [0.1, 0.15) is 0 Å². The van der Waals surface area contributed by atoms with Gasteiger partial charge >= 0.3 is 129 Å². The van der Waals surface area contributed by atoms with Crippen molar-refractivity contribution in [2.45, 2.75) is 13.1 Å². The van der Waals surface area contributed by atoms with Crippen molar-refractivity contribution in [1.29, 1.82) is 0 Å². The van der Waals surface area contributed by atoms with Crippen molar-refractivity contribution in [1.82, 2.24) is 0 Å². The van der Waals surface area contributed by atoms with Crippen LogP contribution in [0.5, 0.6) is 0 Å². The maximum atomic E-state index is 6.77. The zero-order valence-corrected chi connectivity index (χ0v) is 15.0. The van der Waals surface area contributed by atoms with Gasteiger partial charge in [0.25, 0.3) is 0 Å². The second kappa shape index (κ2) is 6.39. The predicted molar refractivity (Wildman–Crippen MR) is 98.3 cm³/mol. The normalized spacial score (nSPS) is 15.0. The third kappa shape index (κ3) is 3.32. The molecule has 2 aromatic rings. The van der Waals surface area contributed by atoms with Crippen LogP contribution in [0.4, 0.5) is 0 Å². The van der Waals surface area contributed by atoms with E-state index in [1.54, 1.807) is 0 Å². The minimum atomic E-state index is -2.52. The van der Waals surface area contributed by atoms with Gasteiger partial charge in [-0.15, -0.1) is 0 Å². The molecule has 0 spiro atoms. The molecule has 1 atom stereocenters. The molecule has 110 valence electrons. The van der Waals surface area contributed by atoms with E-state index < -0.39 is 16.6 Å². The Kier molecular flexibility index (Phi) is 4.78. The standard InChI is InChI=1S/C18H23OSi2/c1-5-20(3,17-13-9-7-10-14-17)19-21(4,6-2)18-15-11-8-12-16-18/h5-16,20H,1-2H2,3-4H3/q-1. The molecule has 1 unspecified atom stereocenters. The number of benzene rings is 2. The van der Waals surface area contributed by atoms with Crippen LogP contribution in [0.3, 0.4) is 0 Å². The summed E-state index contributed by atoms with van der Waals surface area (Å²) < 4.78 is 6.77. The molecule has 0 aliphatic carbocycles. The van der Waals surface area contributed by atoms with E-state index >= 15 is 0 Å². The molecule has 0 saturated carbocycles. The van der Waals surface area contributed by atoms with Crippen LogP contribution in [0.25, 0.3) is 0 Å². The van der Waals surface area contributed by atoms with Gasteiger partial charge in [0.15, 0.2) is 0 Å². The topological polar surface area (TPSA) is 9.23 Å². The molecule has 1 nitrogen and oxygen atoms in total. The Bertz CT molecular complexity index is 556. The van der Waals surface area contributed by atoms with Gasteiger partial charge in [-0.3, -0.25) is 0 Å². The summed E-state index contributed by atoms with van der Waals surface area (Å²) in [5, 5.41) is 2.53. The van der Waals surface area contributed by atoms with E-state index in [0.717, 1.165) is 0 Å². The van der Waals surface area contributed by atoms with Crippen LogP contribution in [-0.2, 0) is 4.12 Å². The molecule has 0 amide bonds. The fourth-order valence-electron chi connectivity index (χ4n) is 2.60. The van der Waals surface area contributed by atoms with Crippen molar-refractivity contribution in [3.63, 3.8) is 0 Å².